The zero-order chi connectivity index (χ0) is 15.3. The molecule has 112 valence electrons. The van der Waals surface area contributed by atoms with Crippen LogP contribution in [0.4, 0.5) is 0 Å². The molecule has 2 N–H and O–H groups in total. The molecule has 0 aliphatic heterocycles. The van der Waals surface area contributed by atoms with E-state index in [9.17, 15) is 13.2 Å². The van der Waals surface area contributed by atoms with Crippen molar-refractivity contribution in [2.45, 2.75) is 17.9 Å². The van der Waals surface area contributed by atoms with Crippen LogP contribution < -0.4 is 9.46 Å². The molecule has 0 aliphatic carbocycles. The summed E-state index contributed by atoms with van der Waals surface area (Å²) < 4.78 is 36.2. The lowest BCUT2D eigenvalue weighted by atomic mass is 10.2. The van der Waals surface area contributed by atoms with Crippen molar-refractivity contribution in [3.63, 3.8) is 0 Å². The number of rotatable bonds is 7. The third kappa shape index (κ3) is 3.92. The van der Waals surface area contributed by atoms with Crippen LogP contribution in [0, 0.1) is 6.92 Å². The van der Waals surface area contributed by atoms with Gasteiger partial charge < -0.3 is 14.6 Å². The molecule has 0 amide bonds. The lowest BCUT2D eigenvalue weighted by molar-refractivity contribution is -0.140. The summed E-state index contributed by atoms with van der Waals surface area (Å²) in [5.41, 5.74) is 0.713. The number of benzene rings is 1. The molecule has 0 heterocycles. The van der Waals surface area contributed by atoms with Crippen LogP contribution in [-0.4, -0.2) is 46.4 Å². The van der Waals surface area contributed by atoms with Crippen molar-refractivity contribution in [1.82, 2.24) is 4.72 Å². The molecule has 0 saturated heterocycles. The Bertz CT molecular complexity index is 584. The minimum absolute atomic E-state index is 0.109. The first-order valence-corrected chi connectivity index (χ1v) is 7.19. The maximum Gasteiger partial charge on any atom is 0.324 e. The van der Waals surface area contributed by atoms with Crippen LogP contribution in [0.25, 0.3) is 0 Å². The van der Waals surface area contributed by atoms with Gasteiger partial charge >= 0.3 is 5.97 Å². The first-order chi connectivity index (χ1) is 9.31. The van der Waals surface area contributed by atoms with Crippen LogP contribution in [-0.2, 0) is 19.6 Å². The Kier molecular flexibility index (Phi) is 5.49. The van der Waals surface area contributed by atoms with E-state index in [1.54, 1.807) is 13.0 Å². The quantitative estimate of drug-likeness (QED) is 0.755. The van der Waals surface area contributed by atoms with Gasteiger partial charge in [-0.1, -0.05) is 6.07 Å². The Morgan fingerprint density at radius 2 is 2.05 bits per heavy atom. The molecule has 1 aromatic rings. The number of aliphatic carboxylic acids is 1. The van der Waals surface area contributed by atoms with E-state index in [-0.39, 0.29) is 17.3 Å². The number of methoxy groups -OCH3 is 2. The Morgan fingerprint density at radius 1 is 1.40 bits per heavy atom. The maximum atomic E-state index is 12.2. The molecule has 0 aliphatic rings. The van der Waals surface area contributed by atoms with E-state index in [1.165, 1.54) is 26.4 Å². The van der Waals surface area contributed by atoms with E-state index in [0.717, 1.165) is 0 Å². The molecule has 1 rings (SSSR count). The fourth-order valence-electron chi connectivity index (χ4n) is 1.57. The summed E-state index contributed by atoms with van der Waals surface area (Å²) >= 11 is 0. The molecule has 0 spiro atoms. The highest BCUT2D eigenvalue weighted by Gasteiger charge is 2.27. The highest BCUT2D eigenvalue weighted by molar-refractivity contribution is 7.89. The van der Waals surface area contributed by atoms with E-state index in [2.05, 4.69) is 9.46 Å². The molecule has 0 saturated carbocycles. The highest BCUT2D eigenvalue weighted by atomic mass is 32.2. The van der Waals surface area contributed by atoms with Gasteiger partial charge in [0.25, 0.3) is 0 Å². The van der Waals surface area contributed by atoms with Crippen molar-refractivity contribution in [3.8, 4) is 5.75 Å². The predicted molar refractivity (Wildman–Crippen MR) is 71.4 cm³/mol. The number of carbonyl (C=O) groups is 1. The zero-order valence-corrected chi connectivity index (χ0v) is 12.2. The predicted octanol–water partition coefficient (Wildman–Crippen LogP) is 0.382. The van der Waals surface area contributed by atoms with Crippen LogP contribution in [0.1, 0.15) is 5.56 Å². The minimum atomic E-state index is -4.03. The minimum Gasteiger partial charge on any atom is -0.495 e. The summed E-state index contributed by atoms with van der Waals surface area (Å²) in [5.74, 6) is -1.17. The Labute approximate surface area is 117 Å². The monoisotopic (exact) mass is 303 g/mol. The van der Waals surface area contributed by atoms with Crippen molar-refractivity contribution in [1.29, 1.82) is 0 Å². The summed E-state index contributed by atoms with van der Waals surface area (Å²) in [7, 11) is -1.40. The fraction of sp³-hybridized carbons (Fsp3) is 0.417. The molecule has 7 nitrogen and oxygen atoms in total. The highest BCUT2D eigenvalue weighted by Crippen LogP contribution is 2.24. The second kappa shape index (κ2) is 6.69. The lowest BCUT2D eigenvalue weighted by Gasteiger charge is -2.16. The van der Waals surface area contributed by atoms with Gasteiger partial charge in [-0.15, -0.1) is 0 Å². The van der Waals surface area contributed by atoms with Gasteiger partial charge in [0.15, 0.2) is 0 Å². The van der Waals surface area contributed by atoms with E-state index in [1.807, 2.05) is 0 Å². The van der Waals surface area contributed by atoms with Crippen LogP contribution >= 0.6 is 0 Å². The van der Waals surface area contributed by atoms with Crippen LogP contribution in [0.15, 0.2) is 23.1 Å². The van der Waals surface area contributed by atoms with E-state index < -0.39 is 22.0 Å². The molecular formula is C12H17NO6S. The smallest absolute Gasteiger partial charge is 0.324 e. The van der Waals surface area contributed by atoms with Crippen molar-refractivity contribution < 1.29 is 27.8 Å². The number of carboxylic acid groups (broad SMARTS) is 1. The lowest BCUT2D eigenvalue weighted by Crippen LogP contribution is -2.43. The molecule has 0 fully saturated rings. The Hall–Kier alpha value is -1.64. The Morgan fingerprint density at radius 3 is 2.55 bits per heavy atom. The third-order valence-electron chi connectivity index (χ3n) is 2.54. The van der Waals surface area contributed by atoms with Gasteiger partial charge in [-0.25, -0.2) is 8.42 Å². The summed E-state index contributed by atoms with van der Waals surface area (Å²) in [6.07, 6.45) is 0. The van der Waals surface area contributed by atoms with Gasteiger partial charge in [-0.3, -0.25) is 4.79 Å². The summed E-state index contributed by atoms with van der Waals surface area (Å²) in [4.78, 5) is 10.9. The number of carboxylic acids is 1. The molecule has 8 heteroatoms. The largest absolute Gasteiger partial charge is 0.495 e. The maximum absolute atomic E-state index is 12.2. The normalized spacial score (nSPS) is 12.9. The van der Waals surface area contributed by atoms with Crippen LogP contribution in [0.3, 0.4) is 0 Å². The zero-order valence-electron chi connectivity index (χ0n) is 11.4. The van der Waals surface area contributed by atoms with E-state index in [0.29, 0.717) is 5.56 Å². The number of hydrogen-bond donors (Lipinski definition) is 2. The van der Waals surface area contributed by atoms with Crippen molar-refractivity contribution in [2.24, 2.45) is 0 Å². The second-order valence-electron chi connectivity index (χ2n) is 4.12. The molecule has 20 heavy (non-hydrogen) atoms. The number of sulfonamides is 1. The standard InChI is InChI=1S/C12H17NO6S/c1-8-4-5-10(19-3)11(6-8)20(16,17)13-9(7-18-2)12(14)15/h4-6,9,13H,7H2,1-3H3,(H,14,15). The van der Waals surface area contributed by atoms with Crippen molar-refractivity contribution in [3.05, 3.63) is 23.8 Å². The average molecular weight is 303 g/mol. The van der Waals surface area contributed by atoms with E-state index in [4.69, 9.17) is 9.84 Å². The molecule has 1 atom stereocenters. The number of nitrogens with one attached hydrogen (secondary N) is 1. The molecule has 0 bridgehead atoms. The number of aryl methyl sites for hydroxylation is 1. The molecule has 0 aromatic heterocycles. The molecular weight excluding hydrogens is 286 g/mol. The topological polar surface area (TPSA) is 102 Å². The number of ether oxygens (including phenoxy) is 2. The second-order valence-corrected chi connectivity index (χ2v) is 5.80. The van der Waals surface area contributed by atoms with Gasteiger partial charge in [-0.05, 0) is 24.6 Å². The summed E-state index contributed by atoms with van der Waals surface area (Å²) in [6.45, 7) is 1.45. The van der Waals surface area contributed by atoms with E-state index >= 15 is 0 Å². The summed E-state index contributed by atoms with van der Waals surface area (Å²) in [5, 5.41) is 8.96. The molecule has 1 aromatic carbocycles. The Balaban J connectivity index is 3.16. The average Bonchev–Trinajstić information content (AvgIpc) is 2.38. The van der Waals surface area contributed by atoms with Gasteiger partial charge in [0, 0.05) is 7.11 Å². The number of hydrogen-bond acceptors (Lipinski definition) is 5. The fourth-order valence-corrected chi connectivity index (χ4v) is 2.99. The van der Waals surface area contributed by atoms with Gasteiger partial charge in [-0.2, -0.15) is 4.72 Å². The first kappa shape index (κ1) is 16.4. The first-order valence-electron chi connectivity index (χ1n) is 5.70. The van der Waals surface area contributed by atoms with Gasteiger partial charge in [0.1, 0.15) is 16.7 Å². The SMILES string of the molecule is COCC(NS(=O)(=O)c1cc(C)ccc1OC)C(=O)O. The van der Waals surface area contributed by atoms with Crippen LogP contribution in [0.5, 0.6) is 5.75 Å². The summed E-state index contributed by atoms with van der Waals surface area (Å²) in [6, 6.07) is 3.25. The van der Waals surface area contributed by atoms with Crippen LogP contribution in [0.2, 0.25) is 0 Å². The van der Waals surface area contributed by atoms with Gasteiger partial charge in [0.2, 0.25) is 10.0 Å². The molecule has 0 radical (unpaired) electrons. The molecule has 1 unspecified atom stereocenters. The van der Waals surface area contributed by atoms with Gasteiger partial charge in [0.05, 0.1) is 13.7 Å². The van der Waals surface area contributed by atoms with Crippen molar-refractivity contribution >= 4 is 16.0 Å². The third-order valence-corrected chi connectivity index (χ3v) is 4.03. The van der Waals surface area contributed by atoms with Crippen molar-refractivity contribution in [2.75, 3.05) is 20.8 Å².